The number of hydrogen-bond acceptors (Lipinski definition) is 4. The van der Waals surface area contributed by atoms with E-state index in [1.165, 1.54) is 6.92 Å². The highest BCUT2D eigenvalue weighted by Gasteiger charge is 2.19. The number of amides is 1. The topological polar surface area (TPSA) is 92.7 Å². The summed E-state index contributed by atoms with van der Waals surface area (Å²) in [6.07, 6.45) is -0.737. The van der Waals surface area contributed by atoms with E-state index in [0.717, 1.165) is 5.56 Å². The molecule has 0 aliphatic heterocycles. The molecule has 0 saturated heterocycles. The van der Waals surface area contributed by atoms with E-state index in [1.807, 2.05) is 52.9 Å². The zero-order valence-corrected chi connectivity index (χ0v) is 13.1. The lowest BCUT2D eigenvalue weighted by molar-refractivity contribution is 0.141. The molecule has 0 spiro atoms. The molecule has 1 aromatic carbocycles. The molecule has 0 saturated carbocycles. The number of carbonyl (C=O) groups excluding carboxylic acids is 1. The number of alkyl halides is 1. The van der Waals surface area contributed by atoms with Gasteiger partial charge in [-0.05, 0) is 29.5 Å². The van der Waals surface area contributed by atoms with Crippen LogP contribution < -0.4 is 5.32 Å². The van der Waals surface area contributed by atoms with Crippen LogP contribution in [0.25, 0.3) is 0 Å². The maximum atomic E-state index is 11.4. The van der Waals surface area contributed by atoms with Crippen LogP contribution in [0.5, 0.6) is 0 Å². The van der Waals surface area contributed by atoms with Crippen LogP contribution in [0, 0.1) is 0 Å². The summed E-state index contributed by atoms with van der Waals surface area (Å²) in [5.74, 6) is 0. The number of hydrogen-bond donors (Lipinski definition) is 2. The van der Waals surface area contributed by atoms with E-state index in [0.29, 0.717) is 0 Å². The fourth-order valence-electron chi connectivity index (χ4n) is 1.14. The maximum absolute atomic E-state index is 11.4. The highest BCUT2D eigenvalue weighted by atomic mass is 127. The molecule has 0 fully saturated rings. The second kappa shape index (κ2) is 7.06. The quantitative estimate of drug-likeness (QED) is 0.450. The number of alkyl carbamates (subject to hydrolysis) is 1. The highest BCUT2D eigenvalue weighted by molar-refractivity contribution is 14.1. The molecule has 0 bridgehead atoms. The van der Waals surface area contributed by atoms with Crippen LogP contribution in [-0.4, -0.2) is 30.9 Å². The number of nitrogens with one attached hydrogen (secondary N) is 1. The smallest absolute Gasteiger partial charge is 0.408 e. The van der Waals surface area contributed by atoms with Crippen molar-refractivity contribution in [2.75, 3.05) is 6.54 Å². The Bertz CT molecular complexity index is 519. The van der Waals surface area contributed by atoms with Gasteiger partial charge in [-0.25, -0.2) is 4.79 Å². The molecule has 0 aromatic heterocycles. The SMILES string of the molecule is CC(CNC(=O)OC(I)c1ccccc1)S(=O)(=O)O. The van der Waals surface area contributed by atoms with E-state index < -0.39 is 25.6 Å². The maximum Gasteiger partial charge on any atom is 0.408 e. The first-order chi connectivity index (χ1) is 8.80. The highest BCUT2D eigenvalue weighted by Crippen LogP contribution is 2.24. The third-order valence-corrected chi connectivity index (χ3v) is 4.47. The molecule has 0 aliphatic rings. The molecule has 0 heterocycles. The molecule has 2 atom stereocenters. The summed E-state index contributed by atoms with van der Waals surface area (Å²) in [4.78, 5) is 11.4. The largest absolute Gasteiger partial charge is 0.431 e. The van der Waals surface area contributed by atoms with Crippen molar-refractivity contribution >= 4 is 38.8 Å². The third kappa shape index (κ3) is 5.74. The van der Waals surface area contributed by atoms with E-state index >= 15 is 0 Å². The van der Waals surface area contributed by atoms with Gasteiger partial charge in [-0.3, -0.25) is 4.55 Å². The standard InChI is InChI=1S/C11H14INO5S/c1-8(19(15,16)17)7-13-11(14)18-10(12)9-5-3-2-4-6-9/h2-6,8,10H,7H2,1H3,(H,13,14)(H,15,16,17). The van der Waals surface area contributed by atoms with E-state index in [4.69, 9.17) is 9.29 Å². The summed E-state index contributed by atoms with van der Waals surface area (Å²) in [5.41, 5.74) is 0.820. The van der Waals surface area contributed by atoms with Crippen molar-refractivity contribution in [2.45, 2.75) is 16.3 Å². The van der Waals surface area contributed by atoms with Gasteiger partial charge in [0.05, 0.1) is 0 Å². The van der Waals surface area contributed by atoms with Gasteiger partial charge in [0.1, 0.15) is 5.25 Å². The number of carbonyl (C=O) groups is 1. The average molecular weight is 399 g/mol. The van der Waals surface area contributed by atoms with Gasteiger partial charge in [0.15, 0.2) is 4.11 Å². The van der Waals surface area contributed by atoms with Gasteiger partial charge in [-0.1, -0.05) is 30.3 Å². The Labute approximate surface area is 125 Å². The average Bonchev–Trinajstić information content (AvgIpc) is 2.35. The lowest BCUT2D eigenvalue weighted by Gasteiger charge is -2.14. The first kappa shape index (κ1) is 16.2. The Hall–Kier alpha value is -0.870. The van der Waals surface area contributed by atoms with Crippen molar-refractivity contribution in [1.29, 1.82) is 0 Å². The Morgan fingerprint density at radius 3 is 2.53 bits per heavy atom. The number of ether oxygens (including phenoxy) is 1. The number of halogens is 1. The van der Waals surface area contributed by atoms with Gasteiger partial charge < -0.3 is 10.1 Å². The molecule has 1 aromatic rings. The summed E-state index contributed by atoms with van der Waals surface area (Å²) >= 11 is 1.95. The van der Waals surface area contributed by atoms with Crippen LogP contribution in [0.1, 0.15) is 16.6 Å². The first-order valence-electron chi connectivity index (χ1n) is 5.40. The lowest BCUT2D eigenvalue weighted by atomic mass is 10.2. The van der Waals surface area contributed by atoms with E-state index in [1.54, 1.807) is 0 Å². The Morgan fingerprint density at radius 1 is 1.42 bits per heavy atom. The summed E-state index contributed by atoms with van der Waals surface area (Å²) in [5, 5.41) is 1.21. The molecule has 1 amide bonds. The minimum Gasteiger partial charge on any atom is -0.431 e. The molecular weight excluding hydrogens is 385 g/mol. The van der Waals surface area contributed by atoms with Crippen molar-refractivity contribution < 1.29 is 22.5 Å². The summed E-state index contributed by atoms with van der Waals surface area (Å²) in [7, 11) is -4.15. The molecule has 8 heteroatoms. The molecule has 1 rings (SSSR count). The zero-order chi connectivity index (χ0) is 14.5. The van der Waals surface area contributed by atoms with E-state index in [-0.39, 0.29) is 6.54 Å². The first-order valence-corrected chi connectivity index (χ1v) is 8.15. The minimum absolute atomic E-state index is 0.212. The molecule has 106 valence electrons. The van der Waals surface area contributed by atoms with Crippen molar-refractivity contribution in [3.05, 3.63) is 35.9 Å². The summed E-state index contributed by atoms with van der Waals surface area (Å²) < 4.78 is 34.8. The molecular formula is C11H14INO5S. The van der Waals surface area contributed by atoms with Crippen LogP contribution in [-0.2, 0) is 14.9 Å². The molecule has 2 N–H and O–H groups in total. The van der Waals surface area contributed by atoms with E-state index in [9.17, 15) is 13.2 Å². The predicted molar refractivity (Wildman–Crippen MR) is 78.7 cm³/mol. The van der Waals surface area contributed by atoms with Gasteiger partial charge in [-0.15, -0.1) is 0 Å². The zero-order valence-electron chi connectivity index (χ0n) is 10.1. The second-order valence-electron chi connectivity index (χ2n) is 3.84. The fourth-order valence-corrected chi connectivity index (χ4v) is 2.08. The molecule has 0 aliphatic carbocycles. The molecule has 0 radical (unpaired) electrons. The lowest BCUT2D eigenvalue weighted by Crippen LogP contribution is -2.35. The van der Waals surface area contributed by atoms with Crippen LogP contribution in [0.15, 0.2) is 30.3 Å². The van der Waals surface area contributed by atoms with Crippen LogP contribution in [0.3, 0.4) is 0 Å². The van der Waals surface area contributed by atoms with Gasteiger partial charge >= 0.3 is 6.09 Å². The van der Waals surface area contributed by atoms with Crippen LogP contribution in [0.2, 0.25) is 0 Å². The number of benzene rings is 1. The predicted octanol–water partition coefficient (Wildman–Crippen LogP) is 2.12. The molecule has 6 nitrogen and oxygen atoms in total. The monoisotopic (exact) mass is 399 g/mol. The second-order valence-corrected chi connectivity index (χ2v) is 6.80. The van der Waals surface area contributed by atoms with Gasteiger partial charge in [0.25, 0.3) is 10.1 Å². The molecule has 2 unspecified atom stereocenters. The Morgan fingerprint density at radius 2 is 2.00 bits per heavy atom. The molecule has 19 heavy (non-hydrogen) atoms. The summed E-state index contributed by atoms with van der Waals surface area (Å²) in [6, 6.07) is 9.11. The van der Waals surface area contributed by atoms with Gasteiger partial charge in [-0.2, -0.15) is 8.42 Å². The van der Waals surface area contributed by atoms with Crippen molar-refractivity contribution in [2.24, 2.45) is 0 Å². The van der Waals surface area contributed by atoms with Gasteiger partial charge in [0.2, 0.25) is 0 Å². The van der Waals surface area contributed by atoms with Crippen molar-refractivity contribution in [3.63, 3.8) is 0 Å². The Kier molecular flexibility index (Phi) is 6.01. The Balaban J connectivity index is 2.44. The minimum atomic E-state index is -4.15. The van der Waals surface area contributed by atoms with Gasteiger partial charge in [0, 0.05) is 12.1 Å². The van der Waals surface area contributed by atoms with Crippen LogP contribution >= 0.6 is 22.6 Å². The van der Waals surface area contributed by atoms with Crippen molar-refractivity contribution in [1.82, 2.24) is 5.32 Å². The van der Waals surface area contributed by atoms with Crippen molar-refractivity contribution in [3.8, 4) is 0 Å². The fraction of sp³-hybridized carbons (Fsp3) is 0.364. The third-order valence-electron chi connectivity index (χ3n) is 2.31. The van der Waals surface area contributed by atoms with Crippen LogP contribution in [0.4, 0.5) is 4.79 Å². The number of rotatable bonds is 5. The summed E-state index contributed by atoms with van der Waals surface area (Å²) in [6.45, 7) is 1.07. The van der Waals surface area contributed by atoms with E-state index in [2.05, 4.69) is 5.32 Å². The normalized spacial score (nSPS) is 14.5.